The molecule has 0 saturated carbocycles. The smallest absolute Gasteiger partial charge is 0.127 e. The van der Waals surface area contributed by atoms with E-state index >= 15 is 0 Å². The molecule has 106 valence electrons. The van der Waals surface area contributed by atoms with Crippen molar-refractivity contribution in [2.75, 3.05) is 11.9 Å². The van der Waals surface area contributed by atoms with E-state index in [1.165, 1.54) is 0 Å². The fraction of sp³-hybridized carbons (Fsp3) is 0.188. The number of hydrogen-bond acceptors (Lipinski definition) is 5. The minimum absolute atomic E-state index is 0.903. The lowest BCUT2D eigenvalue weighted by atomic mass is 10.2. The van der Waals surface area contributed by atoms with Crippen molar-refractivity contribution in [2.45, 2.75) is 23.3 Å². The van der Waals surface area contributed by atoms with Gasteiger partial charge in [-0.25, -0.2) is 15.0 Å². The summed E-state index contributed by atoms with van der Waals surface area (Å²) < 4.78 is 0. The third-order valence-electron chi connectivity index (χ3n) is 3.01. The monoisotopic (exact) mass is 296 g/mol. The van der Waals surface area contributed by atoms with E-state index in [0.29, 0.717) is 0 Å². The molecule has 3 aromatic rings. The van der Waals surface area contributed by atoms with Crippen LogP contribution in [0.25, 0.3) is 10.9 Å². The van der Waals surface area contributed by atoms with Crippen molar-refractivity contribution in [3.05, 3.63) is 48.9 Å². The van der Waals surface area contributed by atoms with Crippen molar-refractivity contribution >= 4 is 28.5 Å². The number of nitrogens with zero attached hydrogens (tertiary/aromatic N) is 3. The molecule has 0 bridgehead atoms. The zero-order chi connectivity index (χ0) is 14.5. The first-order valence-corrected chi connectivity index (χ1v) is 7.76. The largest absolute Gasteiger partial charge is 0.370 e. The molecule has 0 saturated heterocycles. The van der Waals surface area contributed by atoms with Gasteiger partial charge in [0.05, 0.1) is 5.52 Å². The van der Waals surface area contributed by atoms with Crippen LogP contribution in [0.4, 0.5) is 5.82 Å². The van der Waals surface area contributed by atoms with E-state index in [1.807, 2.05) is 30.5 Å². The summed E-state index contributed by atoms with van der Waals surface area (Å²) in [6.45, 7) is 3.07. The van der Waals surface area contributed by atoms with Gasteiger partial charge in [-0.05, 0) is 24.6 Å². The Morgan fingerprint density at radius 3 is 2.90 bits per heavy atom. The molecule has 2 heterocycles. The van der Waals surface area contributed by atoms with Crippen molar-refractivity contribution in [2.24, 2.45) is 0 Å². The standard InChI is InChI=1S/C16H16N4S/c1-2-8-17-15-10-12(7-9-18-15)21-16-13-5-3-4-6-14(13)19-11-20-16/h3-7,9-11H,2,8H2,1H3,(H,17,18). The number of rotatable bonds is 5. The Bertz CT molecular complexity index is 740. The second-order valence-electron chi connectivity index (χ2n) is 4.60. The molecule has 5 heteroatoms. The molecule has 4 nitrogen and oxygen atoms in total. The molecule has 2 aromatic heterocycles. The van der Waals surface area contributed by atoms with Gasteiger partial charge in [0.1, 0.15) is 17.2 Å². The van der Waals surface area contributed by atoms with Crippen molar-refractivity contribution in [3.63, 3.8) is 0 Å². The van der Waals surface area contributed by atoms with E-state index in [4.69, 9.17) is 0 Å². The van der Waals surface area contributed by atoms with Gasteiger partial charge >= 0.3 is 0 Å². The second kappa shape index (κ2) is 6.54. The molecule has 0 atom stereocenters. The molecule has 0 radical (unpaired) electrons. The zero-order valence-corrected chi connectivity index (χ0v) is 12.6. The molecular weight excluding hydrogens is 280 g/mol. The van der Waals surface area contributed by atoms with E-state index in [2.05, 4.69) is 39.3 Å². The number of pyridine rings is 1. The summed E-state index contributed by atoms with van der Waals surface area (Å²) in [6, 6.07) is 12.1. The predicted octanol–water partition coefficient (Wildman–Crippen LogP) is 4.00. The molecule has 1 N–H and O–H groups in total. The second-order valence-corrected chi connectivity index (χ2v) is 5.66. The lowest BCUT2D eigenvalue weighted by Crippen LogP contribution is -2.01. The van der Waals surface area contributed by atoms with Gasteiger partial charge in [0.25, 0.3) is 0 Å². The zero-order valence-electron chi connectivity index (χ0n) is 11.8. The normalized spacial score (nSPS) is 10.7. The van der Waals surface area contributed by atoms with Crippen LogP contribution in [-0.4, -0.2) is 21.5 Å². The number of fused-ring (bicyclic) bond motifs is 1. The molecule has 0 spiro atoms. The van der Waals surface area contributed by atoms with E-state index in [9.17, 15) is 0 Å². The molecule has 0 aliphatic heterocycles. The number of hydrogen-bond donors (Lipinski definition) is 1. The quantitative estimate of drug-likeness (QED) is 0.721. The number of benzene rings is 1. The summed E-state index contributed by atoms with van der Waals surface area (Å²) in [4.78, 5) is 14.1. The third kappa shape index (κ3) is 3.31. The lowest BCUT2D eigenvalue weighted by molar-refractivity contribution is 0.967. The molecule has 0 aliphatic carbocycles. The van der Waals surface area contributed by atoms with Crippen LogP contribution in [0.2, 0.25) is 0 Å². The highest BCUT2D eigenvalue weighted by Crippen LogP contribution is 2.31. The Morgan fingerprint density at radius 2 is 2.00 bits per heavy atom. The SMILES string of the molecule is CCCNc1cc(Sc2ncnc3ccccc23)ccn1. The van der Waals surface area contributed by atoms with E-state index in [1.54, 1.807) is 18.1 Å². The fourth-order valence-electron chi connectivity index (χ4n) is 2.00. The predicted molar refractivity (Wildman–Crippen MR) is 86.7 cm³/mol. The van der Waals surface area contributed by atoms with Crippen molar-refractivity contribution < 1.29 is 0 Å². The fourth-order valence-corrected chi connectivity index (χ4v) is 2.90. The van der Waals surface area contributed by atoms with Crippen LogP contribution in [0.1, 0.15) is 13.3 Å². The summed E-state index contributed by atoms with van der Waals surface area (Å²) >= 11 is 1.63. The van der Waals surface area contributed by atoms with Gasteiger partial charge in [0, 0.05) is 23.0 Å². The van der Waals surface area contributed by atoms with Crippen LogP contribution in [-0.2, 0) is 0 Å². The van der Waals surface area contributed by atoms with Gasteiger partial charge in [0.15, 0.2) is 0 Å². The van der Waals surface area contributed by atoms with Gasteiger partial charge in [-0.15, -0.1) is 0 Å². The van der Waals surface area contributed by atoms with E-state index in [-0.39, 0.29) is 0 Å². The third-order valence-corrected chi connectivity index (χ3v) is 4.02. The van der Waals surface area contributed by atoms with Crippen LogP contribution in [0.5, 0.6) is 0 Å². The number of nitrogens with one attached hydrogen (secondary N) is 1. The Hall–Kier alpha value is -2.14. The molecule has 0 amide bonds. The summed E-state index contributed by atoms with van der Waals surface area (Å²) in [7, 11) is 0. The first-order chi connectivity index (χ1) is 10.4. The average molecular weight is 296 g/mol. The van der Waals surface area contributed by atoms with Crippen LogP contribution in [0.3, 0.4) is 0 Å². The summed E-state index contributed by atoms with van der Waals surface area (Å²) in [5, 5.41) is 5.34. The first-order valence-electron chi connectivity index (χ1n) is 6.94. The first kappa shape index (κ1) is 13.8. The maximum Gasteiger partial charge on any atom is 0.127 e. The average Bonchev–Trinajstić information content (AvgIpc) is 2.54. The van der Waals surface area contributed by atoms with E-state index in [0.717, 1.165) is 39.6 Å². The molecule has 0 fully saturated rings. The van der Waals surface area contributed by atoms with Crippen molar-refractivity contribution in [1.82, 2.24) is 15.0 Å². The molecule has 3 rings (SSSR count). The summed E-state index contributed by atoms with van der Waals surface area (Å²) in [5.74, 6) is 0.903. The summed E-state index contributed by atoms with van der Waals surface area (Å²) in [6.07, 6.45) is 4.52. The van der Waals surface area contributed by atoms with Crippen molar-refractivity contribution in [1.29, 1.82) is 0 Å². The van der Waals surface area contributed by atoms with Crippen LogP contribution in [0.15, 0.2) is 58.8 Å². The maximum atomic E-state index is 4.41. The van der Waals surface area contributed by atoms with Crippen LogP contribution >= 0.6 is 11.8 Å². The topological polar surface area (TPSA) is 50.7 Å². The maximum absolute atomic E-state index is 4.41. The molecular formula is C16H16N4S. The molecule has 1 aromatic carbocycles. The highest BCUT2D eigenvalue weighted by Gasteiger charge is 2.06. The van der Waals surface area contributed by atoms with Crippen LogP contribution < -0.4 is 5.32 Å². The Kier molecular flexibility index (Phi) is 4.31. The van der Waals surface area contributed by atoms with Crippen LogP contribution in [0, 0.1) is 0 Å². The Labute approximate surface area is 128 Å². The summed E-state index contributed by atoms with van der Waals surface area (Å²) in [5.41, 5.74) is 0.966. The Balaban J connectivity index is 1.88. The molecule has 0 unspecified atom stereocenters. The Morgan fingerprint density at radius 1 is 1.10 bits per heavy atom. The van der Waals surface area contributed by atoms with Gasteiger partial charge in [-0.1, -0.05) is 36.9 Å². The van der Waals surface area contributed by atoms with Gasteiger partial charge in [-0.2, -0.15) is 0 Å². The number of para-hydroxylation sites is 1. The highest BCUT2D eigenvalue weighted by atomic mass is 32.2. The minimum atomic E-state index is 0.903. The van der Waals surface area contributed by atoms with Gasteiger partial charge < -0.3 is 5.32 Å². The number of anilines is 1. The van der Waals surface area contributed by atoms with Gasteiger partial charge in [-0.3, -0.25) is 0 Å². The number of aromatic nitrogens is 3. The minimum Gasteiger partial charge on any atom is -0.370 e. The van der Waals surface area contributed by atoms with Gasteiger partial charge in [0.2, 0.25) is 0 Å². The molecule has 21 heavy (non-hydrogen) atoms. The van der Waals surface area contributed by atoms with E-state index < -0.39 is 0 Å². The lowest BCUT2D eigenvalue weighted by Gasteiger charge is -2.07. The highest BCUT2D eigenvalue weighted by molar-refractivity contribution is 7.99. The molecule has 0 aliphatic rings. The van der Waals surface area contributed by atoms with Crippen molar-refractivity contribution in [3.8, 4) is 0 Å².